The molecule has 3 heteroatoms. The van der Waals surface area contributed by atoms with E-state index in [0.29, 0.717) is 5.56 Å². The molecule has 0 heterocycles. The van der Waals surface area contributed by atoms with Crippen LogP contribution in [0.2, 0.25) is 0 Å². The van der Waals surface area contributed by atoms with Crippen molar-refractivity contribution in [2.45, 2.75) is 52.5 Å². The van der Waals surface area contributed by atoms with E-state index in [0.717, 1.165) is 25.7 Å². The van der Waals surface area contributed by atoms with E-state index in [1.165, 1.54) is 0 Å². The number of hydrogen-bond acceptors (Lipinski definition) is 2. The Hall–Kier alpha value is -1.64. The van der Waals surface area contributed by atoms with Gasteiger partial charge in [0.25, 0.3) is 5.91 Å². The minimum absolute atomic E-state index is 0.0295. The Morgan fingerprint density at radius 3 is 2.29 bits per heavy atom. The van der Waals surface area contributed by atoms with E-state index in [-0.39, 0.29) is 29.1 Å². The van der Waals surface area contributed by atoms with Crippen LogP contribution >= 0.6 is 0 Å². The fraction of sp³-hybridized carbons (Fsp3) is 0.556. The molecule has 21 heavy (non-hydrogen) atoms. The molecular weight excluding hydrogens is 262 g/mol. The zero-order chi connectivity index (χ0) is 15.5. The highest BCUT2D eigenvalue weighted by Crippen LogP contribution is 2.31. The summed E-state index contributed by atoms with van der Waals surface area (Å²) < 4.78 is 0. The van der Waals surface area contributed by atoms with Crippen LogP contribution in [0.25, 0.3) is 0 Å². The van der Waals surface area contributed by atoms with Gasteiger partial charge in [0.05, 0.1) is 0 Å². The van der Waals surface area contributed by atoms with Gasteiger partial charge in [-0.25, -0.2) is 0 Å². The lowest BCUT2D eigenvalue weighted by atomic mass is 9.73. The SMILES string of the molecule is CC(C)(C)C(=O)[C@H]1CCCC[C@@H]1NC(=O)c1ccccc1. The van der Waals surface area contributed by atoms with Crippen LogP contribution in [0.1, 0.15) is 56.8 Å². The predicted molar refractivity (Wildman–Crippen MR) is 84.1 cm³/mol. The highest BCUT2D eigenvalue weighted by atomic mass is 16.2. The minimum Gasteiger partial charge on any atom is -0.349 e. The van der Waals surface area contributed by atoms with E-state index in [1.54, 1.807) is 12.1 Å². The number of Topliss-reactive ketones (excluding diaryl/α,β-unsaturated/α-hetero) is 1. The molecule has 2 atom stereocenters. The number of ketones is 1. The van der Waals surface area contributed by atoms with Crippen LogP contribution in [0, 0.1) is 11.3 Å². The van der Waals surface area contributed by atoms with Gasteiger partial charge in [-0.1, -0.05) is 51.8 Å². The highest BCUT2D eigenvalue weighted by Gasteiger charge is 2.37. The number of carbonyl (C=O) groups excluding carboxylic acids is 2. The standard InChI is InChI=1S/C18H25NO2/c1-18(2,3)16(20)14-11-7-8-12-15(14)19-17(21)13-9-5-4-6-10-13/h4-6,9-10,14-15H,7-8,11-12H2,1-3H3,(H,19,21)/t14-,15-/m0/s1. The second-order valence-corrected chi connectivity index (χ2v) is 6.95. The Bertz CT molecular complexity index is 502. The van der Waals surface area contributed by atoms with Gasteiger partial charge in [-0.2, -0.15) is 0 Å². The summed E-state index contributed by atoms with van der Waals surface area (Å²) in [5.41, 5.74) is 0.308. The maximum absolute atomic E-state index is 12.6. The maximum Gasteiger partial charge on any atom is 0.251 e. The Kier molecular flexibility index (Phi) is 4.81. The zero-order valence-corrected chi connectivity index (χ0v) is 13.2. The van der Waals surface area contributed by atoms with Crippen molar-refractivity contribution in [1.29, 1.82) is 0 Å². The van der Waals surface area contributed by atoms with E-state index >= 15 is 0 Å². The molecule has 0 bridgehead atoms. The van der Waals surface area contributed by atoms with Crippen molar-refractivity contribution in [3.05, 3.63) is 35.9 Å². The first-order chi connectivity index (χ1) is 9.89. The van der Waals surface area contributed by atoms with Crippen molar-refractivity contribution in [2.75, 3.05) is 0 Å². The molecule has 0 radical (unpaired) electrons. The maximum atomic E-state index is 12.6. The molecule has 0 spiro atoms. The Morgan fingerprint density at radius 2 is 1.67 bits per heavy atom. The molecule has 1 aromatic carbocycles. The molecule has 3 nitrogen and oxygen atoms in total. The highest BCUT2D eigenvalue weighted by molar-refractivity contribution is 5.95. The van der Waals surface area contributed by atoms with Crippen molar-refractivity contribution in [1.82, 2.24) is 5.32 Å². The molecule has 1 saturated carbocycles. The third-order valence-corrected chi connectivity index (χ3v) is 4.19. The number of rotatable bonds is 3. The topological polar surface area (TPSA) is 46.2 Å². The van der Waals surface area contributed by atoms with Gasteiger partial charge in [0, 0.05) is 22.9 Å². The first-order valence-corrected chi connectivity index (χ1v) is 7.80. The van der Waals surface area contributed by atoms with Gasteiger partial charge in [-0.15, -0.1) is 0 Å². The molecule has 114 valence electrons. The number of amides is 1. The summed E-state index contributed by atoms with van der Waals surface area (Å²) in [6.45, 7) is 5.88. The Morgan fingerprint density at radius 1 is 1.05 bits per heavy atom. The number of carbonyl (C=O) groups is 2. The zero-order valence-electron chi connectivity index (χ0n) is 13.2. The molecule has 1 amide bonds. The summed E-state index contributed by atoms with van der Waals surface area (Å²) in [5, 5.41) is 3.08. The van der Waals surface area contributed by atoms with Crippen LogP contribution in [0.3, 0.4) is 0 Å². The van der Waals surface area contributed by atoms with Crippen LogP contribution in [-0.2, 0) is 4.79 Å². The molecule has 1 fully saturated rings. The summed E-state index contributed by atoms with van der Waals surface area (Å²) in [7, 11) is 0. The van der Waals surface area contributed by atoms with E-state index in [1.807, 2.05) is 39.0 Å². The monoisotopic (exact) mass is 287 g/mol. The summed E-state index contributed by atoms with van der Waals surface area (Å²) >= 11 is 0. The molecular formula is C18H25NO2. The lowest BCUT2D eigenvalue weighted by Gasteiger charge is -2.35. The average Bonchev–Trinajstić information content (AvgIpc) is 2.47. The normalized spacial score (nSPS) is 22.6. The Balaban J connectivity index is 2.09. The van der Waals surface area contributed by atoms with Crippen LogP contribution < -0.4 is 5.32 Å². The van der Waals surface area contributed by atoms with E-state index in [4.69, 9.17) is 0 Å². The molecule has 0 unspecified atom stereocenters. The van der Waals surface area contributed by atoms with Crippen LogP contribution in [0.4, 0.5) is 0 Å². The quantitative estimate of drug-likeness (QED) is 0.923. The third-order valence-electron chi connectivity index (χ3n) is 4.19. The molecule has 1 N–H and O–H groups in total. The van der Waals surface area contributed by atoms with Crippen LogP contribution in [0.5, 0.6) is 0 Å². The molecule has 0 aromatic heterocycles. The largest absolute Gasteiger partial charge is 0.349 e. The average molecular weight is 287 g/mol. The summed E-state index contributed by atoms with van der Waals surface area (Å²) in [5.74, 6) is 0.140. The van der Waals surface area contributed by atoms with Crippen molar-refractivity contribution in [3.63, 3.8) is 0 Å². The lowest BCUT2D eigenvalue weighted by molar-refractivity contribution is -0.132. The third kappa shape index (κ3) is 3.93. The lowest BCUT2D eigenvalue weighted by Crippen LogP contribution is -2.47. The number of benzene rings is 1. The smallest absolute Gasteiger partial charge is 0.251 e. The first kappa shape index (κ1) is 15.7. The molecule has 0 saturated heterocycles. The number of hydrogen-bond donors (Lipinski definition) is 1. The van der Waals surface area contributed by atoms with Crippen molar-refractivity contribution in [2.24, 2.45) is 11.3 Å². The first-order valence-electron chi connectivity index (χ1n) is 7.80. The molecule has 1 aliphatic rings. The molecule has 0 aliphatic heterocycles. The second-order valence-electron chi connectivity index (χ2n) is 6.95. The fourth-order valence-electron chi connectivity index (χ4n) is 3.01. The van der Waals surface area contributed by atoms with E-state index in [9.17, 15) is 9.59 Å². The fourth-order valence-corrected chi connectivity index (χ4v) is 3.01. The van der Waals surface area contributed by atoms with Gasteiger partial charge >= 0.3 is 0 Å². The van der Waals surface area contributed by atoms with Crippen molar-refractivity contribution in [3.8, 4) is 0 Å². The van der Waals surface area contributed by atoms with Gasteiger partial charge in [0.2, 0.25) is 0 Å². The van der Waals surface area contributed by atoms with E-state index < -0.39 is 0 Å². The van der Waals surface area contributed by atoms with Gasteiger partial charge in [0.15, 0.2) is 0 Å². The van der Waals surface area contributed by atoms with Crippen molar-refractivity contribution < 1.29 is 9.59 Å². The number of nitrogens with one attached hydrogen (secondary N) is 1. The van der Waals surface area contributed by atoms with Gasteiger partial charge in [-0.3, -0.25) is 9.59 Å². The molecule has 1 aliphatic carbocycles. The summed E-state index contributed by atoms with van der Waals surface area (Å²) in [4.78, 5) is 24.9. The minimum atomic E-state index is -0.349. The van der Waals surface area contributed by atoms with Gasteiger partial charge < -0.3 is 5.32 Å². The van der Waals surface area contributed by atoms with E-state index in [2.05, 4.69) is 5.32 Å². The van der Waals surface area contributed by atoms with Gasteiger partial charge in [0.1, 0.15) is 5.78 Å². The van der Waals surface area contributed by atoms with Gasteiger partial charge in [-0.05, 0) is 25.0 Å². The second kappa shape index (κ2) is 6.42. The molecule has 2 rings (SSSR count). The summed E-state index contributed by atoms with van der Waals surface area (Å²) in [6, 6.07) is 9.18. The van der Waals surface area contributed by atoms with Crippen LogP contribution in [0.15, 0.2) is 30.3 Å². The molecule has 1 aromatic rings. The Labute approximate surface area is 127 Å². The summed E-state index contributed by atoms with van der Waals surface area (Å²) in [6.07, 6.45) is 3.93. The predicted octanol–water partition coefficient (Wildman–Crippen LogP) is 3.59. The van der Waals surface area contributed by atoms with Crippen molar-refractivity contribution >= 4 is 11.7 Å². The van der Waals surface area contributed by atoms with Crippen LogP contribution in [-0.4, -0.2) is 17.7 Å².